The van der Waals surface area contributed by atoms with E-state index in [4.69, 9.17) is 20.1 Å². The minimum atomic E-state index is -0.0359. The first kappa shape index (κ1) is 32.2. The number of furan rings is 1. The average molecular weight is 717 g/mol. The number of fused-ring (bicyclic) bond motifs is 8. The Labute approximate surface area is 316 Å². The Morgan fingerprint density at radius 1 is 0.722 bits per heavy atom. The third-order valence-corrected chi connectivity index (χ3v) is 11.6. The molecule has 6 aromatic carbocycles. The molecule has 1 atom stereocenters. The van der Waals surface area contributed by atoms with Crippen LogP contribution in [-0.4, -0.2) is 22.1 Å². The van der Waals surface area contributed by atoms with E-state index in [0.717, 1.165) is 62.6 Å². The molecule has 3 heterocycles. The van der Waals surface area contributed by atoms with E-state index in [2.05, 4.69) is 127 Å². The van der Waals surface area contributed by atoms with Crippen LogP contribution >= 0.6 is 11.3 Å². The summed E-state index contributed by atoms with van der Waals surface area (Å²) in [6.07, 6.45) is 8.76. The molecule has 0 amide bonds. The van der Waals surface area contributed by atoms with E-state index in [-0.39, 0.29) is 6.04 Å². The summed E-state index contributed by atoms with van der Waals surface area (Å²) in [5.74, 6) is 1.06. The Morgan fingerprint density at radius 3 is 2.35 bits per heavy atom. The zero-order valence-electron chi connectivity index (χ0n) is 29.7. The highest BCUT2D eigenvalue weighted by molar-refractivity contribution is 7.24. The predicted octanol–water partition coefficient (Wildman–Crippen LogP) is 12.4. The zero-order valence-corrected chi connectivity index (χ0v) is 30.6. The van der Waals surface area contributed by atoms with Crippen molar-refractivity contribution in [1.82, 2.24) is 4.40 Å². The lowest BCUT2D eigenvalue weighted by molar-refractivity contribution is 0.670. The number of thiazole rings is 1. The molecule has 10 rings (SSSR count). The average Bonchev–Trinajstić information content (AvgIpc) is 3.90. The van der Waals surface area contributed by atoms with Gasteiger partial charge in [0.25, 0.3) is 0 Å². The number of benzene rings is 6. The molecule has 5 nitrogen and oxygen atoms in total. The number of hydrogen-bond donors (Lipinski definition) is 1. The number of aliphatic imine (C=N–C) groups is 2. The van der Waals surface area contributed by atoms with E-state index in [1.54, 1.807) is 0 Å². The summed E-state index contributed by atoms with van der Waals surface area (Å²) in [6, 6.07) is 48.7. The van der Waals surface area contributed by atoms with Gasteiger partial charge < -0.3 is 10.2 Å². The normalized spacial score (nSPS) is 14.5. The molecule has 0 saturated carbocycles. The van der Waals surface area contributed by atoms with Gasteiger partial charge in [-0.1, -0.05) is 127 Å². The first-order valence-corrected chi connectivity index (χ1v) is 19.2. The van der Waals surface area contributed by atoms with Crippen LogP contribution in [0.5, 0.6) is 0 Å². The van der Waals surface area contributed by atoms with Crippen molar-refractivity contribution in [2.75, 3.05) is 0 Å². The number of rotatable bonds is 6. The molecule has 0 bridgehead atoms. The topological polar surface area (TPSA) is 68.3 Å². The molecule has 0 radical (unpaired) electrons. The predicted molar refractivity (Wildman–Crippen MR) is 228 cm³/mol. The highest BCUT2D eigenvalue weighted by Gasteiger charge is 2.20. The lowest BCUT2D eigenvalue weighted by Crippen LogP contribution is -2.17. The van der Waals surface area contributed by atoms with Crippen molar-refractivity contribution in [2.24, 2.45) is 15.7 Å². The molecular formula is C48H36N4OS. The number of aromatic nitrogens is 1. The van der Waals surface area contributed by atoms with Gasteiger partial charge in [0.15, 0.2) is 5.84 Å². The van der Waals surface area contributed by atoms with E-state index in [1.807, 2.05) is 53.8 Å². The maximum atomic E-state index is 6.78. The van der Waals surface area contributed by atoms with Gasteiger partial charge in [0.1, 0.15) is 21.8 Å². The standard InChI is InChI=1S/C48H36N4OS/c1-30(31-13-4-2-5-14-31)50-47(34-15-6-3-7-16-34)51-46(49)33-25-23-32(24-26-33)44-39-29-35(27-28-40(39)52-41-20-9-11-22-43(41)54-48(44)52)36-18-12-19-38-37-17-8-10-21-42(37)53-45(36)38/h3-4,6-30H,2,5H2,1H3,(H2,49,50,51). The van der Waals surface area contributed by atoms with Gasteiger partial charge in [-0.2, -0.15) is 0 Å². The van der Waals surface area contributed by atoms with Gasteiger partial charge >= 0.3 is 0 Å². The molecule has 1 aliphatic rings. The maximum Gasteiger partial charge on any atom is 0.157 e. The van der Waals surface area contributed by atoms with Crippen LogP contribution in [0.3, 0.4) is 0 Å². The second-order valence-electron chi connectivity index (χ2n) is 13.9. The van der Waals surface area contributed by atoms with Crippen molar-refractivity contribution in [2.45, 2.75) is 25.8 Å². The molecule has 1 unspecified atom stereocenters. The van der Waals surface area contributed by atoms with Crippen LogP contribution in [0.2, 0.25) is 0 Å². The fourth-order valence-corrected chi connectivity index (χ4v) is 9.04. The van der Waals surface area contributed by atoms with Crippen molar-refractivity contribution >= 4 is 70.9 Å². The van der Waals surface area contributed by atoms with Crippen molar-refractivity contribution in [3.63, 3.8) is 0 Å². The summed E-state index contributed by atoms with van der Waals surface area (Å²) in [7, 11) is 0. The van der Waals surface area contributed by atoms with E-state index in [1.165, 1.54) is 37.1 Å². The summed E-state index contributed by atoms with van der Waals surface area (Å²) < 4.78 is 10.1. The van der Waals surface area contributed by atoms with Gasteiger partial charge in [-0.15, -0.1) is 11.3 Å². The Balaban J connectivity index is 1.09. The third-order valence-electron chi connectivity index (χ3n) is 10.5. The summed E-state index contributed by atoms with van der Waals surface area (Å²) in [4.78, 5) is 11.2. The fourth-order valence-electron chi connectivity index (χ4n) is 7.80. The van der Waals surface area contributed by atoms with Gasteiger partial charge in [0.2, 0.25) is 0 Å². The molecule has 0 fully saturated rings. The van der Waals surface area contributed by atoms with Crippen molar-refractivity contribution in [1.29, 1.82) is 0 Å². The van der Waals surface area contributed by atoms with Gasteiger partial charge in [0, 0.05) is 38.4 Å². The van der Waals surface area contributed by atoms with E-state index >= 15 is 0 Å². The molecule has 0 saturated heterocycles. The van der Waals surface area contributed by atoms with Crippen LogP contribution in [0, 0.1) is 0 Å². The Bertz CT molecular complexity index is 3010. The molecule has 1 aliphatic carbocycles. The highest BCUT2D eigenvalue weighted by Crippen LogP contribution is 2.44. The third kappa shape index (κ3) is 5.46. The van der Waals surface area contributed by atoms with Crippen molar-refractivity contribution < 1.29 is 4.42 Å². The van der Waals surface area contributed by atoms with E-state index < -0.39 is 0 Å². The number of allylic oxidation sites excluding steroid dienone is 2. The summed E-state index contributed by atoms with van der Waals surface area (Å²) >= 11 is 1.82. The Kier molecular flexibility index (Phi) is 7.85. The minimum absolute atomic E-state index is 0.0359. The first-order chi connectivity index (χ1) is 26.6. The second kappa shape index (κ2) is 13.2. The van der Waals surface area contributed by atoms with E-state index in [0.29, 0.717) is 11.7 Å². The lowest BCUT2D eigenvalue weighted by atomic mass is 9.98. The van der Waals surface area contributed by atoms with Gasteiger partial charge in [-0.05, 0) is 66.8 Å². The molecule has 0 spiro atoms. The number of amidine groups is 2. The minimum Gasteiger partial charge on any atom is -0.455 e. The number of hydrogen-bond acceptors (Lipinski definition) is 3. The van der Waals surface area contributed by atoms with Crippen LogP contribution in [0.1, 0.15) is 30.9 Å². The van der Waals surface area contributed by atoms with Gasteiger partial charge in [-0.3, -0.25) is 9.39 Å². The molecule has 2 N–H and O–H groups in total. The summed E-state index contributed by atoms with van der Waals surface area (Å²) in [6.45, 7) is 2.12. The molecule has 260 valence electrons. The molecule has 3 aromatic heterocycles. The number of para-hydroxylation sites is 3. The van der Waals surface area contributed by atoms with Crippen molar-refractivity contribution in [3.05, 3.63) is 174 Å². The fraction of sp³-hybridized carbons (Fsp3) is 0.0833. The quantitative estimate of drug-likeness (QED) is 0.137. The SMILES string of the molecule is CC(N=C(N=C(N)c1ccc(-c2c3cc(-c4cccc5c4oc4ccccc45)ccc3n3c2sc2ccccc23)cc1)c1ccccc1)C1=CCCC=C1. The van der Waals surface area contributed by atoms with Crippen LogP contribution in [0.4, 0.5) is 0 Å². The maximum absolute atomic E-state index is 6.78. The largest absolute Gasteiger partial charge is 0.455 e. The molecule has 9 aromatic rings. The molecule has 54 heavy (non-hydrogen) atoms. The number of nitrogens with two attached hydrogens (primary N) is 1. The first-order valence-electron chi connectivity index (χ1n) is 18.4. The van der Waals surface area contributed by atoms with E-state index in [9.17, 15) is 0 Å². The number of nitrogens with zero attached hydrogens (tertiary/aromatic N) is 3. The summed E-state index contributed by atoms with van der Waals surface area (Å²) in [5, 5.41) is 3.44. The molecule has 6 heteroatoms. The molecular weight excluding hydrogens is 681 g/mol. The van der Waals surface area contributed by atoms with Gasteiger partial charge in [-0.25, -0.2) is 4.99 Å². The lowest BCUT2D eigenvalue weighted by Gasteiger charge is -2.13. The van der Waals surface area contributed by atoms with Crippen LogP contribution in [0.15, 0.2) is 178 Å². The molecule has 0 aliphatic heterocycles. The van der Waals surface area contributed by atoms with Crippen molar-refractivity contribution in [3.8, 4) is 22.3 Å². The summed E-state index contributed by atoms with van der Waals surface area (Å²) in [5.41, 5.74) is 18.5. The highest BCUT2D eigenvalue weighted by atomic mass is 32.1. The Hall–Kier alpha value is -6.50. The smallest absolute Gasteiger partial charge is 0.157 e. The Morgan fingerprint density at radius 2 is 1.50 bits per heavy atom. The van der Waals surface area contributed by atoms with Crippen LogP contribution in [-0.2, 0) is 0 Å². The second-order valence-corrected chi connectivity index (χ2v) is 14.9. The zero-order chi connectivity index (χ0) is 36.2. The monoisotopic (exact) mass is 716 g/mol. The van der Waals surface area contributed by atoms with Crippen LogP contribution < -0.4 is 5.73 Å². The van der Waals surface area contributed by atoms with Gasteiger partial charge in [0.05, 0.1) is 21.8 Å². The van der Waals surface area contributed by atoms with Crippen LogP contribution in [0.25, 0.3) is 70.1 Å².